The molecule has 0 aliphatic rings. The van der Waals surface area contributed by atoms with Gasteiger partial charge in [0, 0.05) is 25.8 Å². The molecule has 2 N–H and O–H groups in total. The van der Waals surface area contributed by atoms with Crippen LogP contribution < -0.4 is 15.4 Å². The highest BCUT2D eigenvalue weighted by Crippen LogP contribution is 2.14. The van der Waals surface area contributed by atoms with Crippen LogP contribution in [0.5, 0.6) is 5.75 Å². The zero-order chi connectivity index (χ0) is 21.9. The highest BCUT2D eigenvalue weighted by Gasteiger charge is 2.08. The first-order valence-electron chi connectivity index (χ1n) is 10.1. The van der Waals surface area contributed by atoms with Crippen molar-refractivity contribution >= 4 is 17.6 Å². The molecule has 0 spiro atoms. The minimum atomic E-state index is -0.0341. The Kier molecular flexibility index (Phi) is 9.15. The van der Waals surface area contributed by atoms with Crippen molar-refractivity contribution in [2.75, 3.05) is 46.7 Å². The largest absolute Gasteiger partial charge is 0.497 e. The number of likely N-dealkylation sites (N-methyl/N-ethyl adjacent to an activating group) is 1. The summed E-state index contributed by atoms with van der Waals surface area (Å²) in [5.74, 6) is 1.64. The van der Waals surface area contributed by atoms with Gasteiger partial charge in [0.2, 0.25) is 5.91 Å². The summed E-state index contributed by atoms with van der Waals surface area (Å²) >= 11 is 0. The molecule has 30 heavy (non-hydrogen) atoms. The molecule has 0 bridgehead atoms. The molecule has 162 valence electrons. The summed E-state index contributed by atoms with van der Waals surface area (Å²) < 4.78 is 5.22. The molecule has 0 unspecified atom stereocenters. The third kappa shape index (κ3) is 7.75. The van der Waals surface area contributed by atoms with E-state index in [0.29, 0.717) is 13.1 Å². The first-order chi connectivity index (χ1) is 14.4. The number of hydrogen-bond donors (Lipinski definition) is 2. The molecule has 0 radical (unpaired) electrons. The van der Waals surface area contributed by atoms with Gasteiger partial charge in [-0.15, -0.1) is 0 Å². The molecule has 7 heteroatoms. The molecule has 0 saturated heterocycles. The van der Waals surface area contributed by atoms with E-state index in [1.807, 2.05) is 62.4 Å². The predicted molar refractivity (Wildman–Crippen MR) is 123 cm³/mol. The summed E-state index contributed by atoms with van der Waals surface area (Å²) in [7, 11) is 7.42. The summed E-state index contributed by atoms with van der Waals surface area (Å²) in [5.41, 5.74) is 2.99. The van der Waals surface area contributed by atoms with Crippen molar-refractivity contribution in [3.8, 4) is 5.75 Å². The van der Waals surface area contributed by atoms with Gasteiger partial charge in [-0.2, -0.15) is 0 Å². The molecule has 0 heterocycles. The zero-order valence-corrected chi connectivity index (χ0v) is 18.6. The molecule has 2 rings (SSSR count). The number of rotatable bonds is 9. The number of carbonyl (C=O) groups excluding carboxylic acids is 1. The first kappa shape index (κ1) is 23.2. The summed E-state index contributed by atoms with van der Waals surface area (Å²) in [6.07, 6.45) is 0. The van der Waals surface area contributed by atoms with E-state index in [4.69, 9.17) is 9.73 Å². The SMILES string of the molecule is CCNC(=NCc1cccc(NC(=O)CN(C)C)c1)N(C)Cc1ccc(OC)cc1. The molecule has 0 aliphatic carbocycles. The fourth-order valence-corrected chi connectivity index (χ4v) is 2.95. The fourth-order valence-electron chi connectivity index (χ4n) is 2.95. The van der Waals surface area contributed by atoms with Crippen molar-refractivity contribution in [3.63, 3.8) is 0 Å². The molecule has 2 aromatic carbocycles. The average molecular weight is 412 g/mol. The van der Waals surface area contributed by atoms with Gasteiger partial charge in [0.05, 0.1) is 20.2 Å². The number of nitrogens with one attached hydrogen (secondary N) is 2. The standard InChI is InChI=1S/C23H33N5O2/c1-6-24-23(28(4)16-18-10-12-21(30-5)13-11-18)25-15-19-8-7-9-20(14-19)26-22(29)17-27(2)3/h7-14H,6,15-17H2,1-5H3,(H,24,25)(H,26,29). The summed E-state index contributed by atoms with van der Waals surface area (Å²) in [6, 6.07) is 15.8. The van der Waals surface area contributed by atoms with E-state index in [-0.39, 0.29) is 5.91 Å². The lowest BCUT2D eigenvalue weighted by molar-refractivity contribution is -0.116. The number of amides is 1. The van der Waals surface area contributed by atoms with Gasteiger partial charge in [-0.3, -0.25) is 4.79 Å². The zero-order valence-electron chi connectivity index (χ0n) is 18.6. The number of ether oxygens (including phenoxy) is 1. The Morgan fingerprint density at radius 3 is 2.43 bits per heavy atom. The normalized spacial score (nSPS) is 11.3. The Morgan fingerprint density at radius 1 is 1.07 bits per heavy atom. The van der Waals surface area contributed by atoms with Gasteiger partial charge >= 0.3 is 0 Å². The number of anilines is 1. The van der Waals surface area contributed by atoms with Gasteiger partial charge in [-0.1, -0.05) is 24.3 Å². The summed E-state index contributed by atoms with van der Waals surface area (Å²) in [6.45, 7) is 4.44. The second kappa shape index (κ2) is 11.8. The number of benzene rings is 2. The average Bonchev–Trinajstić information content (AvgIpc) is 2.71. The number of nitrogens with zero attached hydrogens (tertiary/aromatic N) is 3. The topological polar surface area (TPSA) is 69.2 Å². The van der Waals surface area contributed by atoms with Crippen LogP contribution in [0.25, 0.3) is 0 Å². The molecule has 0 fully saturated rings. The number of aliphatic imine (C=N–C) groups is 1. The molecule has 2 aromatic rings. The molecule has 0 saturated carbocycles. The smallest absolute Gasteiger partial charge is 0.238 e. The summed E-state index contributed by atoms with van der Waals surface area (Å²) in [4.78, 5) is 20.7. The highest BCUT2D eigenvalue weighted by molar-refractivity contribution is 5.92. The maximum absolute atomic E-state index is 12.0. The maximum atomic E-state index is 12.0. The molecule has 0 aliphatic heterocycles. The number of carbonyl (C=O) groups is 1. The van der Waals surface area contributed by atoms with Crippen molar-refractivity contribution in [2.24, 2.45) is 4.99 Å². The Morgan fingerprint density at radius 2 is 1.80 bits per heavy atom. The fraction of sp³-hybridized carbons (Fsp3) is 0.391. The van der Waals surface area contributed by atoms with Crippen LogP contribution in [-0.2, 0) is 17.9 Å². The van der Waals surface area contributed by atoms with E-state index in [1.54, 1.807) is 7.11 Å². The van der Waals surface area contributed by atoms with Gasteiger partial charge in [0.15, 0.2) is 5.96 Å². The van der Waals surface area contributed by atoms with Crippen molar-refractivity contribution in [1.29, 1.82) is 0 Å². The summed E-state index contributed by atoms with van der Waals surface area (Å²) in [5, 5.41) is 6.27. The van der Waals surface area contributed by atoms with E-state index in [9.17, 15) is 4.79 Å². The van der Waals surface area contributed by atoms with Gasteiger partial charge in [-0.05, 0) is 56.4 Å². The lowest BCUT2D eigenvalue weighted by Gasteiger charge is -2.22. The van der Waals surface area contributed by atoms with Crippen LogP contribution in [0.4, 0.5) is 5.69 Å². The van der Waals surface area contributed by atoms with Gasteiger partial charge in [0.25, 0.3) is 0 Å². The first-order valence-corrected chi connectivity index (χ1v) is 10.1. The van der Waals surface area contributed by atoms with E-state index in [0.717, 1.165) is 36.0 Å². The minimum absolute atomic E-state index is 0.0341. The van der Waals surface area contributed by atoms with Crippen LogP contribution in [0.1, 0.15) is 18.1 Å². The number of methoxy groups -OCH3 is 1. The second-order valence-electron chi connectivity index (χ2n) is 7.36. The highest BCUT2D eigenvalue weighted by atomic mass is 16.5. The van der Waals surface area contributed by atoms with Crippen LogP contribution >= 0.6 is 0 Å². The van der Waals surface area contributed by atoms with Crippen LogP contribution in [0.2, 0.25) is 0 Å². The van der Waals surface area contributed by atoms with E-state index in [1.165, 1.54) is 5.56 Å². The van der Waals surface area contributed by atoms with Crippen molar-refractivity contribution in [2.45, 2.75) is 20.0 Å². The van der Waals surface area contributed by atoms with E-state index in [2.05, 4.69) is 34.6 Å². The minimum Gasteiger partial charge on any atom is -0.497 e. The Bertz CT molecular complexity index is 834. The predicted octanol–water partition coefficient (Wildman–Crippen LogP) is 2.79. The lowest BCUT2D eigenvalue weighted by atomic mass is 10.2. The third-order valence-electron chi connectivity index (χ3n) is 4.36. The number of guanidine groups is 1. The van der Waals surface area contributed by atoms with Crippen molar-refractivity contribution in [1.82, 2.24) is 15.1 Å². The molecular formula is C23H33N5O2. The van der Waals surface area contributed by atoms with E-state index < -0.39 is 0 Å². The van der Waals surface area contributed by atoms with Gasteiger partial charge < -0.3 is 25.2 Å². The quantitative estimate of drug-likeness (QED) is 0.491. The van der Waals surface area contributed by atoms with Gasteiger partial charge in [0.1, 0.15) is 5.75 Å². The van der Waals surface area contributed by atoms with Gasteiger partial charge in [-0.25, -0.2) is 4.99 Å². The van der Waals surface area contributed by atoms with E-state index >= 15 is 0 Å². The monoisotopic (exact) mass is 411 g/mol. The van der Waals surface area contributed by atoms with Crippen molar-refractivity contribution in [3.05, 3.63) is 59.7 Å². The molecule has 0 atom stereocenters. The van der Waals surface area contributed by atoms with Crippen LogP contribution in [0.15, 0.2) is 53.5 Å². The lowest BCUT2D eigenvalue weighted by Crippen LogP contribution is -2.38. The van der Waals surface area contributed by atoms with Crippen LogP contribution in [0.3, 0.4) is 0 Å². The molecular weight excluding hydrogens is 378 g/mol. The van der Waals surface area contributed by atoms with Crippen LogP contribution in [-0.4, -0.2) is 63.0 Å². The Hall–Kier alpha value is -3.06. The Labute approximate surface area is 179 Å². The van der Waals surface area contributed by atoms with Crippen LogP contribution in [0, 0.1) is 0 Å². The molecule has 1 amide bonds. The second-order valence-corrected chi connectivity index (χ2v) is 7.36. The van der Waals surface area contributed by atoms with Crippen molar-refractivity contribution < 1.29 is 9.53 Å². The Balaban J connectivity index is 2.04. The maximum Gasteiger partial charge on any atom is 0.238 e. The number of hydrogen-bond acceptors (Lipinski definition) is 4. The molecule has 0 aromatic heterocycles. The third-order valence-corrected chi connectivity index (χ3v) is 4.36. The molecule has 7 nitrogen and oxygen atoms in total.